The van der Waals surface area contributed by atoms with Gasteiger partial charge in [0.05, 0.1) is 5.41 Å². The Balaban J connectivity index is 2.71. The second-order valence-electron chi connectivity index (χ2n) is 4.75. The van der Waals surface area contributed by atoms with E-state index in [0.29, 0.717) is 11.3 Å². The van der Waals surface area contributed by atoms with Gasteiger partial charge in [-0.25, -0.2) is 0 Å². The second kappa shape index (κ2) is 5.07. The number of carbonyl (C=O) groups is 2. The summed E-state index contributed by atoms with van der Waals surface area (Å²) in [4.78, 5) is 23.5. The number of nitrogen functional groups attached to an aromatic ring is 1. The van der Waals surface area contributed by atoms with Gasteiger partial charge in [-0.15, -0.1) is 0 Å². The number of anilines is 1. The van der Waals surface area contributed by atoms with Crippen LogP contribution in [0.4, 0.5) is 5.82 Å². The van der Waals surface area contributed by atoms with Crippen molar-refractivity contribution in [2.75, 3.05) is 19.3 Å². The van der Waals surface area contributed by atoms with Crippen LogP contribution in [0, 0.1) is 12.3 Å². The van der Waals surface area contributed by atoms with E-state index < -0.39 is 5.41 Å². The summed E-state index contributed by atoms with van der Waals surface area (Å²) in [5, 5.41) is 11.6. The SMILES string of the molecule is CNC(=O)C(C)(C)CNC(=O)c1c(N)n[nH]c1C. The fourth-order valence-corrected chi connectivity index (χ4v) is 1.54. The molecular weight excluding hydrogens is 234 g/mol. The molecule has 0 spiro atoms. The number of aryl methyl sites for hydroxylation is 1. The maximum absolute atomic E-state index is 11.9. The van der Waals surface area contributed by atoms with Crippen molar-refractivity contribution in [2.24, 2.45) is 5.41 Å². The summed E-state index contributed by atoms with van der Waals surface area (Å²) in [5.41, 5.74) is 5.82. The lowest BCUT2D eigenvalue weighted by molar-refractivity contribution is -0.128. The number of rotatable bonds is 4. The Morgan fingerprint density at radius 2 is 2.06 bits per heavy atom. The van der Waals surface area contributed by atoms with Crippen LogP contribution in [0.1, 0.15) is 29.9 Å². The molecule has 0 aliphatic rings. The fraction of sp³-hybridized carbons (Fsp3) is 0.545. The summed E-state index contributed by atoms with van der Waals surface area (Å²) in [7, 11) is 1.56. The molecule has 1 rings (SSSR count). The van der Waals surface area contributed by atoms with Crippen LogP contribution in [0.5, 0.6) is 0 Å². The molecule has 0 aromatic carbocycles. The van der Waals surface area contributed by atoms with Crippen molar-refractivity contribution in [3.8, 4) is 0 Å². The van der Waals surface area contributed by atoms with Crippen molar-refractivity contribution in [1.82, 2.24) is 20.8 Å². The second-order valence-corrected chi connectivity index (χ2v) is 4.75. The van der Waals surface area contributed by atoms with Gasteiger partial charge in [0, 0.05) is 19.3 Å². The fourth-order valence-electron chi connectivity index (χ4n) is 1.54. The van der Waals surface area contributed by atoms with Crippen LogP contribution < -0.4 is 16.4 Å². The molecule has 5 N–H and O–H groups in total. The van der Waals surface area contributed by atoms with Crippen LogP contribution in [0.3, 0.4) is 0 Å². The van der Waals surface area contributed by atoms with Gasteiger partial charge in [-0.1, -0.05) is 0 Å². The lowest BCUT2D eigenvalue weighted by atomic mass is 9.92. The van der Waals surface area contributed by atoms with Crippen molar-refractivity contribution in [2.45, 2.75) is 20.8 Å². The number of amides is 2. The summed E-state index contributed by atoms with van der Waals surface area (Å²) in [6, 6.07) is 0. The number of nitrogens with two attached hydrogens (primary N) is 1. The Labute approximate surface area is 106 Å². The molecule has 18 heavy (non-hydrogen) atoms. The third kappa shape index (κ3) is 2.79. The van der Waals surface area contributed by atoms with E-state index in [1.165, 1.54) is 0 Å². The van der Waals surface area contributed by atoms with Crippen molar-refractivity contribution in [3.63, 3.8) is 0 Å². The maximum atomic E-state index is 11.9. The number of aromatic amines is 1. The number of H-pyrrole nitrogens is 1. The minimum atomic E-state index is -0.684. The molecule has 0 saturated heterocycles. The first-order chi connectivity index (χ1) is 8.29. The van der Waals surface area contributed by atoms with Gasteiger partial charge < -0.3 is 16.4 Å². The van der Waals surface area contributed by atoms with Crippen LogP contribution in [0.25, 0.3) is 0 Å². The van der Waals surface area contributed by atoms with E-state index in [9.17, 15) is 9.59 Å². The summed E-state index contributed by atoms with van der Waals surface area (Å²) < 4.78 is 0. The van der Waals surface area contributed by atoms with E-state index in [0.717, 1.165) is 0 Å². The molecule has 0 fully saturated rings. The molecular formula is C11H19N5O2. The molecule has 0 saturated carbocycles. The molecule has 0 radical (unpaired) electrons. The van der Waals surface area contributed by atoms with Crippen molar-refractivity contribution in [1.29, 1.82) is 0 Å². The van der Waals surface area contributed by atoms with Crippen molar-refractivity contribution in [3.05, 3.63) is 11.3 Å². The number of aromatic nitrogens is 2. The molecule has 1 heterocycles. The molecule has 7 nitrogen and oxygen atoms in total. The molecule has 0 aliphatic carbocycles. The summed E-state index contributed by atoms with van der Waals surface area (Å²) in [5.74, 6) is -0.321. The zero-order valence-electron chi connectivity index (χ0n) is 11.0. The minimum absolute atomic E-state index is 0.139. The first kappa shape index (κ1) is 14.0. The average Bonchev–Trinajstić information content (AvgIpc) is 2.65. The summed E-state index contributed by atoms with van der Waals surface area (Å²) in [6.07, 6.45) is 0. The maximum Gasteiger partial charge on any atom is 0.256 e. The molecule has 2 amide bonds. The predicted octanol–water partition coefficient (Wildman–Crippen LogP) is -0.198. The van der Waals surface area contributed by atoms with Crippen LogP contribution in [-0.2, 0) is 4.79 Å². The van der Waals surface area contributed by atoms with E-state index in [4.69, 9.17) is 5.73 Å². The molecule has 1 aromatic rings. The highest BCUT2D eigenvalue weighted by Gasteiger charge is 2.28. The Bertz CT molecular complexity index is 444. The molecule has 0 unspecified atom stereocenters. The Hall–Kier alpha value is -2.05. The Morgan fingerprint density at radius 1 is 1.44 bits per heavy atom. The van der Waals surface area contributed by atoms with Crippen LogP contribution in [0.15, 0.2) is 0 Å². The summed E-state index contributed by atoms with van der Waals surface area (Å²) in [6.45, 7) is 5.42. The molecule has 7 heteroatoms. The summed E-state index contributed by atoms with van der Waals surface area (Å²) >= 11 is 0. The van der Waals surface area contributed by atoms with E-state index >= 15 is 0 Å². The Morgan fingerprint density at radius 3 is 2.50 bits per heavy atom. The van der Waals surface area contributed by atoms with Crippen LogP contribution >= 0.6 is 0 Å². The van der Waals surface area contributed by atoms with Crippen molar-refractivity contribution >= 4 is 17.6 Å². The van der Waals surface area contributed by atoms with Gasteiger partial charge in [-0.05, 0) is 20.8 Å². The third-order valence-electron chi connectivity index (χ3n) is 2.73. The van der Waals surface area contributed by atoms with E-state index in [1.807, 2.05) is 0 Å². The number of hydrogen-bond acceptors (Lipinski definition) is 4. The highest BCUT2D eigenvalue weighted by Crippen LogP contribution is 2.15. The number of nitrogens with one attached hydrogen (secondary N) is 3. The third-order valence-corrected chi connectivity index (χ3v) is 2.73. The topological polar surface area (TPSA) is 113 Å². The average molecular weight is 253 g/mol. The van der Waals surface area contributed by atoms with Gasteiger partial charge in [0.2, 0.25) is 5.91 Å². The van der Waals surface area contributed by atoms with Gasteiger partial charge in [0.25, 0.3) is 5.91 Å². The van der Waals surface area contributed by atoms with Gasteiger partial charge in [-0.2, -0.15) is 5.10 Å². The number of hydrogen-bond donors (Lipinski definition) is 4. The van der Waals surface area contributed by atoms with Gasteiger partial charge in [0.15, 0.2) is 5.82 Å². The van der Waals surface area contributed by atoms with Crippen molar-refractivity contribution < 1.29 is 9.59 Å². The normalized spacial score (nSPS) is 11.1. The van der Waals surface area contributed by atoms with Crippen LogP contribution in [0.2, 0.25) is 0 Å². The molecule has 0 bridgehead atoms. The smallest absolute Gasteiger partial charge is 0.256 e. The minimum Gasteiger partial charge on any atom is -0.382 e. The van der Waals surface area contributed by atoms with E-state index in [-0.39, 0.29) is 24.2 Å². The predicted molar refractivity (Wildman–Crippen MR) is 67.9 cm³/mol. The monoisotopic (exact) mass is 253 g/mol. The molecule has 100 valence electrons. The number of carbonyl (C=O) groups excluding carboxylic acids is 2. The quantitative estimate of drug-likeness (QED) is 0.595. The zero-order chi connectivity index (χ0) is 13.9. The van der Waals surface area contributed by atoms with E-state index in [1.54, 1.807) is 27.8 Å². The molecule has 0 atom stereocenters. The standard InChI is InChI=1S/C11H19N5O2/c1-6-7(8(12)16-15-6)9(17)14-5-11(2,3)10(18)13-4/h5H2,1-4H3,(H,13,18)(H,14,17)(H3,12,15,16). The largest absolute Gasteiger partial charge is 0.382 e. The van der Waals surface area contributed by atoms with Gasteiger partial charge in [-0.3, -0.25) is 14.7 Å². The first-order valence-electron chi connectivity index (χ1n) is 5.60. The molecule has 0 aliphatic heterocycles. The number of nitrogens with zero attached hydrogens (tertiary/aromatic N) is 1. The highest BCUT2D eigenvalue weighted by molar-refractivity contribution is 5.99. The van der Waals surface area contributed by atoms with Crippen LogP contribution in [-0.4, -0.2) is 35.6 Å². The lowest BCUT2D eigenvalue weighted by Gasteiger charge is -2.22. The van der Waals surface area contributed by atoms with Gasteiger partial charge >= 0.3 is 0 Å². The van der Waals surface area contributed by atoms with E-state index in [2.05, 4.69) is 20.8 Å². The Kier molecular flexibility index (Phi) is 3.95. The first-order valence-corrected chi connectivity index (χ1v) is 5.60. The zero-order valence-corrected chi connectivity index (χ0v) is 11.0. The molecule has 1 aromatic heterocycles. The highest BCUT2D eigenvalue weighted by atomic mass is 16.2. The lowest BCUT2D eigenvalue weighted by Crippen LogP contribution is -2.43. The van der Waals surface area contributed by atoms with Gasteiger partial charge in [0.1, 0.15) is 5.56 Å².